The zero-order valence-electron chi connectivity index (χ0n) is 9.12. The average Bonchev–Trinajstić information content (AvgIpc) is 2.22. The molecule has 0 unspecified atom stereocenters. The van der Waals surface area contributed by atoms with Gasteiger partial charge in [0.05, 0.1) is 0 Å². The fourth-order valence-electron chi connectivity index (χ4n) is 1.33. The topological polar surface area (TPSA) is 29.1 Å². The second kappa shape index (κ2) is 6.02. The first-order chi connectivity index (χ1) is 7.24. The Bertz CT molecular complexity index is 344. The van der Waals surface area contributed by atoms with Crippen molar-refractivity contribution in [1.82, 2.24) is 0 Å². The summed E-state index contributed by atoms with van der Waals surface area (Å²) in [5.74, 6) is 0.0751. The Morgan fingerprint density at radius 2 is 2.20 bits per heavy atom. The highest BCUT2D eigenvalue weighted by Crippen LogP contribution is 2.13. The summed E-state index contributed by atoms with van der Waals surface area (Å²) in [6.07, 6.45) is 4.14. The number of unbranched alkanes of at least 4 members (excludes halogenated alkanes) is 1. The molecule has 0 aliphatic rings. The minimum absolute atomic E-state index is 0.0751. The number of nitrogens with one attached hydrogen (secondary N) is 1. The maximum Gasteiger partial charge on any atom is 0.224 e. The lowest BCUT2D eigenvalue weighted by molar-refractivity contribution is -0.116. The average molecular weight is 203 g/mol. The number of para-hydroxylation sites is 1. The summed E-state index contributed by atoms with van der Waals surface area (Å²) < 4.78 is 0. The van der Waals surface area contributed by atoms with E-state index in [1.807, 2.05) is 37.3 Å². The van der Waals surface area contributed by atoms with Crippen LogP contribution in [0.5, 0.6) is 0 Å². The molecule has 0 bridgehead atoms. The summed E-state index contributed by atoms with van der Waals surface area (Å²) in [4.78, 5) is 11.5. The zero-order chi connectivity index (χ0) is 11.1. The Morgan fingerprint density at radius 1 is 1.47 bits per heavy atom. The SMILES string of the molecule is C=CCCCC(=O)Nc1ccccc1C. The second-order valence-electron chi connectivity index (χ2n) is 3.54. The van der Waals surface area contributed by atoms with Gasteiger partial charge in [-0.2, -0.15) is 0 Å². The number of rotatable bonds is 5. The summed E-state index contributed by atoms with van der Waals surface area (Å²) in [7, 11) is 0. The van der Waals surface area contributed by atoms with Gasteiger partial charge in [-0.1, -0.05) is 24.3 Å². The molecule has 0 spiro atoms. The Hall–Kier alpha value is -1.57. The first-order valence-electron chi connectivity index (χ1n) is 5.20. The van der Waals surface area contributed by atoms with Crippen molar-refractivity contribution >= 4 is 11.6 Å². The number of aryl methyl sites for hydroxylation is 1. The number of allylic oxidation sites excluding steroid dienone is 1. The van der Waals surface area contributed by atoms with Gasteiger partial charge in [0, 0.05) is 12.1 Å². The molecular weight excluding hydrogens is 186 g/mol. The molecule has 2 heteroatoms. The third-order valence-electron chi connectivity index (χ3n) is 2.23. The van der Waals surface area contributed by atoms with Gasteiger partial charge in [0.2, 0.25) is 5.91 Å². The standard InChI is InChI=1S/C13H17NO/c1-3-4-5-10-13(15)14-12-9-7-6-8-11(12)2/h3,6-9H,1,4-5,10H2,2H3,(H,14,15). The highest BCUT2D eigenvalue weighted by molar-refractivity contribution is 5.91. The predicted octanol–water partition coefficient (Wildman–Crippen LogP) is 3.29. The van der Waals surface area contributed by atoms with E-state index in [2.05, 4.69) is 11.9 Å². The Kier molecular flexibility index (Phi) is 4.61. The molecule has 0 aliphatic heterocycles. The largest absolute Gasteiger partial charge is 0.326 e. The third kappa shape index (κ3) is 3.98. The summed E-state index contributed by atoms with van der Waals surface area (Å²) in [5.41, 5.74) is 2.00. The van der Waals surface area contributed by atoms with E-state index in [4.69, 9.17) is 0 Å². The molecule has 0 aromatic heterocycles. The van der Waals surface area contributed by atoms with E-state index in [-0.39, 0.29) is 5.91 Å². The van der Waals surface area contributed by atoms with Crippen LogP contribution in [0.25, 0.3) is 0 Å². The van der Waals surface area contributed by atoms with Crippen molar-refractivity contribution in [2.75, 3.05) is 5.32 Å². The Balaban J connectivity index is 2.44. The van der Waals surface area contributed by atoms with E-state index in [9.17, 15) is 4.79 Å². The summed E-state index contributed by atoms with van der Waals surface area (Å²) >= 11 is 0. The van der Waals surface area contributed by atoms with Crippen LogP contribution < -0.4 is 5.32 Å². The molecule has 0 saturated heterocycles. The van der Waals surface area contributed by atoms with Crippen LogP contribution in [0.2, 0.25) is 0 Å². The van der Waals surface area contributed by atoms with Crippen LogP contribution in [0, 0.1) is 6.92 Å². The molecule has 1 aromatic carbocycles. The van der Waals surface area contributed by atoms with Gasteiger partial charge in [0.25, 0.3) is 0 Å². The monoisotopic (exact) mass is 203 g/mol. The van der Waals surface area contributed by atoms with E-state index in [1.54, 1.807) is 0 Å². The van der Waals surface area contributed by atoms with Gasteiger partial charge in [0.15, 0.2) is 0 Å². The van der Waals surface area contributed by atoms with Crippen molar-refractivity contribution in [3.63, 3.8) is 0 Å². The van der Waals surface area contributed by atoms with E-state index in [0.29, 0.717) is 6.42 Å². The molecule has 0 heterocycles. The molecule has 0 radical (unpaired) electrons. The van der Waals surface area contributed by atoms with Crippen molar-refractivity contribution < 1.29 is 4.79 Å². The summed E-state index contributed by atoms with van der Waals surface area (Å²) in [5, 5.41) is 2.90. The van der Waals surface area contributed by atoms with Gasteiger partial charge in [-0.05, 0) is 31.4 Å². The number of carbonyl (C=O) groups is 1. The van der Waals surface area contributed by atoms with Crippen LogP contribution in [0.1, 0.15) is 24.8 Å². The molecule has 0 fully saturated rings. The third-order valence-corrected chi connectivity index (χ3v) is 2.23. The molecule has 0 atom stereocenters. The van der Waals surface area contributed by atoms with E-state index in [0.717, 1.165) is 24.1 Å². The molecule has 0 saturated carbocycles. The van der Waals surface area contributed by atoms with Gasteiger partial charge in [-0.15, -0.1) is 6.58 Å². The fraction of sp³-hybridized carbons (Fsp3) is 0.308. The molecule has 2 nitrogen and oxygen atoms in total. The highest BCUT2D eigenvalue weighted by Gasteiger charge is 2.02. The highest BCUT2D eigenvalue weighted by atomic mass is 16.1. The van der Waals surface area contributed by atoms with Crippen LogP contribution in [0.4, 0.5) is 5.69 Å². The summed E-state index contributed by atoms with van der Waals surface area (Å²) in [6.45, 7) is 5.61. The van der Waals surface area contributed by atoms with E-state index >= 15 is 0 Å². The van der Waals surface area contributed by atoms with Crippen molar-refractivity contribution in [1.29, 1.82) is 0 Å². The smallest absolute Gasteiger partial charge is 0.224 e. The molecule has 1 rings (SSSR count). The number of carbonyl (C=O) groups excluding carboxylic acids is 1. The molecule has 1 N–H and O–H groups in total. The van der Waals surface area contributed by atoms with Gasteiger partial charge in [-0.25, -0.2) is 0 Å². The minimum atomic E-state index is 0.0751. The van der Waals surface area contributed by atoms with Gasteiger partial charge in [-0.3, -0.25) is 4.79 Å². The van der Waals surface area contributed by atoms with E-state index < -0.39 is 0 Å². The molecule has 15 heavy (non-hydrogen) atoms. The van der Waals surface area contributed by atoms with Crippen molar-refractivity contribution in [2.45, 2.75) is 26.2 Å². The van der Waals surface area contributed by atoms with Crippen LogP contribution >= 0.6 is 0 Å². The van der Waals surface area contributed by atoms with Crippen LogP contribution in [0.3, 0.4) is 0 Å². The van der Waals surface area contributed by atoms with Crippen molar-refractivity contribution in [3.05, 3.63) is 42.5 Å². The molecular formula is C13H17NO. The summed E-state index contributed by atoms with van der Waals surface area (Å²) in [6, 6.07) is 7.79. The lowest BCUT2D eigenvalue weighted by Crippen LogP contribution is -2.11. The molecule has 1 aromatic rings. The lowest BCUT2D eigenvalue weighted by Gasteiger charge is -2.07. The van der Waals surface area contributed by atoms with Crippen LogP contribution in [-0.4, -0.2) is 5.91 Å². The first-order valence-corrected chi connectivity index (χ1v) is 5.20. The van der Waals surface area contributed by atoms with Crippen LogP contribution in [-0.2, 0) is 4.79 Å². The molecule has 0 aliphatic carbocycles. The van der Waals surface area contributed by atoms with Crippen molar-refractivity contribution in [2.24, 2.45) is 0 Å². The van der Waals surface area contributed by atoms with Crippen LogP contribution in [0.15, 0.2) is 36.9 Å². The lowest BCUT2D eigenvalue weighted by atomic mass is 10.2. The minimum Gasteiger partial charge on any atom is -0.326 e. The zero-order valence-corrected chi connectivity index (χ0v) is 9.12. The Labute approximate surface area is 91.0 Å². The maximum atomic E-state index is 11.5. The Morgan fingerprint density at radius 3 is 2.87 bits per heavy atom. The van der Waals surface area contributed by atoms with Gasteiger partial charge >= 0.3 is 0 Å². The first kappa shape index (κ1) is 11.5. The molecule has 80 valence electrons. The second-order valence-corrected chi connectivity index (χ2v) is 3.54. The van der Waals surface area contributed by atoms with Gasteiger partial charge < -0.3 is 5.32 Å². The van der Waals surface area contributed by atoms with Crippen molar-refractivity contribution in [3.8, 4) is 0 Å². The van der Waals surface area contributed by atoms with Gasteiger partial charge in [0.1, 0.15) is 0 Å². The number of amides is 1. The fourth-order valence-corrected chi connectivity index (χ4v) is 1.33. The number of hydrogen-bond acceptors (Lipinski definition) is 1. The number of benzene rings is 1. The number of hydrogen-bond donors (Lipinski definition) is 1. The number of anilines is 1. The van der Waals surface area contributed by atoms with E-state index in [1.165, 1.54) is 0 Å². The normalized spacial score (nSPS) is 9.67. The quantitative estimate of drug-likeness (QED) is 0.577. The predicted molar refractivity (Wildman–Crippen MR) is 63.9 cm³/mol. The maximum absolute atomic E-state index is 11.5. The molecule has 1 amide bonds.